The zero-order valence-corrected chi connectivity index (χ0v) is 11.3. The first-order valence-corrected chi connectivity index (χ1v) is 6.19. The van der Waals surface area contributed by atoms with Crippen molar-refractivity contribution in [2.75, 3.05) is 11.2 Å². The number of nitrogens with one attached hydrogen (secondary N) is 2. The summed E-state index contributed by atoms with van der Waals surface area (Å²) < 4.78 is 0.958. The number of benzene rings is 1. The molecule has 2 aromatic heterocycles. The number of H-pyrrole nitrogens is 1. The summed E-state index contributed by atoms with van der Waals surface area (Å²) in [5, 5.41) is 10.6. The van der Waals surface area contributed by atoms with Crippen LogP contribution in [0.1, 0.15) is 5.69 Å². The lowest BCUT2D eigenvalue weighted by atomic mass is 10.3. The highest BCUT2D eigenvalue weighted by Crippen LogP contribution is 2.18. The summed E-state index contributed by atoms with van der Waals surface area (Å²) in [4.78, 5) is 16.4. The third kappa shape index (κ3) is 1.97. The highest BCUT2D eigenvalue weighted by atomic mass is 35.5. The molecule has 0 amide bonds. The lowest BCUT2D eigenvalue weighted by molar-refractivity contribution is 0.923. The van der Waals surface area contributed by atoms with Crippen molar-refractivity contribution in [3.63, 3.8) is 0 Å². The number of hydrogen-bond donors (Lipinski definition) is 3. The summed E-state index contributed by atoms with van der Waals surface area (Å²) in [7, 11) is 0. The van der Waals surface area contributed by atoms with Gasteiger partial charge in [-0.15, -0.1) is 0 Å². The van der Waals surface area contributed by atoms with Gasteiger partial charge in [0, 0.05) is 16.4 Å². The first kappa shape index (κ1) is 12.5. The van der Waals surface area contributed by atoms with Crippen LogP contribution in [0.2, 0.25) is 5.02 Å². The van der Waals surface area contributed by atoms with Crippen LogP contribution in [0.4, 0.5) is 11.6 Å². The molecule has 0 aliphatic heterocycles. The fourth-order valence-corrected chi connectivity index (χ4v) is 2.00. The standard InChI is InChI=1S/C12H11ClN6O/c1-6-9-10(18-17-6)16-12(19(14)11(9)20)15-8-4-2-7(13)3-5-8/h2-5H,14H2,1H3,(H2,15,16,17,18). The average Bonchev–Trinajstić information content (AvgIpc) is 2.79. The molecule has 3 rings (SSSR count). The van der Waals surface area contributed by atoms with Crippen molar-refractivity contribution in [3.8, 4) is 0 Å². The molecule has 0 bridgehead atoms. The van der Waals surface area contributed by atoms with Crippen LogP contribution in [0.25, 0.3) is 11.0 Å². The van der Waals surface area contributed by atoms with Gasteiger partial charge in [0.2, 0.25) is 5.95 Å². The van der Waals surface area contributed by atoms with Crippen LogP contribution in [0, 0.1) is 6.92 Å². The average molecular weight is 291 g/mol. The van der Waals surface area contributed by atoms with Crippen molar-refractivity contribution in [2.24, 2.45) is 0 Å². The predicted octanol–water partition coefficient (Wildman–Crippen LogP) is 1.54. The van der Waals surface area contributed by atoms with E-state index < -0.39 is 0 Å². The SMILES string of the molecule is Cc1[nH]nc2nc(Nc3ccc(Cl)cc3)n(N)c(=O)c12. The molecule has 0 aliphatic rings. The molecule has 0 saturated heterocycles. The minimum absolute atomic E-state index is 0.205. The normalized spacial score (nSPS) is 10.9. The van der Waals surface area contributed by atoms with Crippen LogP contribution in [-0.2, 0) is 0 Å². The molecular weight excluding hydrogens is 280 g/mol. The molecule has 0 aliphatic carbocycles. The van der Waals surface area contributed by atoms with Gasteiger partial charge in [0.15, 0.2) is 5.65 Å². The predicted molar refractivity (Wildman–Crippen MR) is 77.8 cm³/mol. The van der Waals surface area contributed by atoms with Crippen molar-refractivity contribution >= 4 is 34.3 Å². The minimum Gasteiger partial charge on any atom is -0.333 e. The maximum absolute atomic E-state index is 12.2. The van der Waals surface area contributed by atoms with E-state index in [1.54, 1.807) is 31.2 Å². The first-order chi connectivity index (χ1) is 9.56. The Hall–Kier alpha value is -2.54. The van der Waals surface area contributed by atoms with E-state index in [9.17, 15) is 4.79 Å². The van der Waals surface area contributed by atoms with E-state index >= 15 is 0 Å². The molecule has 1 aromatic carbocycles. The maximum Gasteiger partial charge on any atom is 0.284 e. The fourth-order valence-electron chi connectivity index (χ4n) is 1.87. The molecule has 0 radical (unpaired) electrons. The number of aryl methyl sites for hydroxylation is 1. The maximum atomic E-state index is 12.2. The Labute approximate surface area is 118 Å². The summed E-state index contributed by atoms with van der Waals surface area (Å²) in [6.07, 6.45) is 0. The molecule has 8 heteroatoms. The van der Waals surface area contributed by atoms with E-state index in [1.807, 2.05) is 0 Å². The fraction of sp³-hybridized carbons (Fsp3) is 0.0833. The van der Waals surface area contributed by atoms with E-state index in [0.29, 0.717) is 27.4 Å². The Morgan fingerprint density at radius 1 is 1.35 bits per heavy atom. The zero-order valence-electron chi connectivity index (χ0n) is 10.5. The Kier molecular flexibility index (Phi) is 2.83. The van der Waals surface area contributed by atoms with Crippen LogP contribution in [0.3, 0.4) is 0 Å². The number of fused-ring (bicyclic) bond motifs is 1. The third-order valence-corrected chi connectivity index (χ3v) is 3.15. The van der Waals surface area contributed by atoms with Gasteiger partial charge in [-0.2, -0.15) is 14.8 Å². The minimum atomic E-state index is -0.363. The van der Waals surface area contributed by atoms with E-state index in [1.165, 1.54) is 0 Å². The van der Waals surface area contributed by atoms with Crippen molar-refractivity contribution in [2.45, 2.75) is 6.92 Å². The summed E-state index contributed by atoms with van der Waals surface area (Å²) in [6.45, 7) is 1.74. The Morgan fingerprint density at radius 2 is 2.05 bits per heavy atom. The monoisotopic (exact) mass is 290 g/mol. The van der Waals surface area contributed by atoms with Gasteiger partial charge in [0.1, 0.15) is 5.39 Å². The summed E-state index contributed by atoms with van der Waals surface area (Å²) in [5.41, 5.74) is 1.31. The molecule has 7 nitrogen and oxygen atoms in total. The number of halogens is 1. The second-order valence-corrected chi connectivity index (χ2v) is 4.73. The smallest absolute Gasteiger partial charge is 0.284 e. The molecule has 20 heavy (non-hydrogen) atoms. The molecule has 2 heterocycles. The number of anilines is 2. The molecular formula is C12H11ClN6O. The topological polar surface area (TPSA) is 102 Å². The Balaban J connectivity index is 2.10. The van der Waals surface area contributed by atoms with Crippen molar-refractivity contribution < 1.29 is 0 Å². The quantitative estimate of drug-likeness (QED) is 0.621. The summed E-state index contributed by atoms with van der Waals surface area (Å²) in [6, 6.07) is 6.96. The van der Waals surface area contributed by atoms with Crippen molar-refractivity contribution in [1.82, 2.24) is 19.9 Å². The summed E-state index contributed by atoms with van der Waals surface area (Å²) in [5.74, 6) is 5.97. The van der Waals surface area contributed by atoms with E-state index in [0.717, 1.165) is 4.68 Å². The van der Waals surface area contributed by atoms with Crippen molar-refractivity contribution in [1.29, 1.82) is 0 Å². The number of nitrogens with zero attached hydrogens (tertiary/aromatic N) is 3. The van der Waals surface area contributed by atoms with Gasteiger partial charge in [-0.25, -0.2) is 0 Å². The molecule has 0 spiro atoms. The van der Waals surface area contributed by atoms with E-state index in [2.05, 4.69) is 20.5 Å². The highest BCUT2D eigenvalue weighted by Gasteiger charge is 2.13. The number of aromatic amines is 1. The molecule has 3 aromatic rings. The van der Waals surface area contributed by atoms with Gasteiger partial charge in [0.25, 0.3) is 5.56 Å². The van der Waals surface area contributed by atoms with Gasteiger partial charge in [-0.05, 0) is 31.2 Å². The number of rotatable bonds is 2. The number of nitrogen functional groups attached to an aromatic ring is 1. The van der Waals surface area contributed by atoms with Crippen LogP contribution >= 0.6 is 11.6 Å². The first-order valence-electron chi connectivity index (χ1n) is 5.81. The van der Waals surface area contributed by atoms with E-state index in [4.69, 9.17) is 17.4 Å². The van der Waals surface area contributed by atoms with E-state index in [-0.39, 0.29) is 11.5 Å². The van der Waals surface area contributed by atoms with Gasteiger partial charge >= 0.3 is 0 Å². The number of nitrogens with two attached hydrogens (primary N) is 1. The van der Waals surface area contributed by atoms with Crippen LogP contribution in [0.15, 0.2) is 29.1 Å². The number of hydrogen-bond acceptors (Lipinski definition) is 5. The number of aromatic nitrogens is 4. The lowest BCUT2D eigenvalue weighted by Crippen LogP contribution is -2.30. The largest absolute Gasteiger partial charge is 0.333 e. The zero-order chi connectivity index (χ0) is 14.3. The summed E-state index contributed by atoms with van der Waals surface area (Å²) >= 11 is 5.81. The lowest BCUT2D eigenvalue weighted by Gasteiger charge is -2.09. The molecule has 102 valence electrons. The van der Waals surface area contributed by atoms with Crippen molar-refractivity contribution in [3.05, 3.63) is 45.3 Å². The van der Waals surface area contributed by atoms with Crippen LogP contribution < -0.4 is 16.7 Å². The van der Waals surface area contributed by atoms with Crippen LogP contribution in [-0.4, -0.2) is 19.9 Å². The molecule has 0 fully saturated rings. The Bertz CT molecular complexity index is 836. The van der Waals surface area contributed by atoms with Gasteiger partial charge in [0.05, 0.1) is 0 Å². The second-order valence-electron chi connectivity index (χ2n) is 4.29. The molecule has 0 saturated carbocycles. The van der Waals surface area contributed by atoms with Gasteiger partial charge < -0.3 is 11.2 Å². The highest BCUT2D eigenvalue weighted by molar-refractivity contribution is 6.30. The molecule has 0 atom stereocenters. The third-order valence-electron chi connectivity index (χ3n) is 2.90. The van der Waals surface area contributed by atoms with Crippen LogP contribution in [0.5, 0.6) is 0 Å². The molecule has 4 N–H and O–H groups in total. The second kappa shape index (κ2) is 4.53. The Morgan fingerprint density at radius 3 is 2.75 bits per heavy atom. The van der Waals surface area contributed by atoms with Gasteiger partial charge in [-0.3, -0.25) is 9.89 Å². The van der Waals surface area contributed by atoms with Gasteiger partial charge in [-0.1, -0.05) is 11.6 Å². The molecule has 0 unspecified atom stereocenters.